The van der Waals surface area contributed by atoms with Gasteiger partial charge in [0.2, 0.25) is 0 Å². The number of phenolic OH excluding ortho intramolecular Hbond substituents is 1. The third-order valence-electron chi connectivity index (χ3n) is 8.92. The summed E-state index contributed by atoms with van der Waals surface area (Å²) in [6.07, 6.45) is 8.46. The van der Waals surface area contributed by atoms with Crippen LogP contribution in [-0.4, -0.2) is 44.3 Å². The molecule has 2 aromatic carbocycles. The van der Waals surface area contributed by atoms with Crippen LogP contribution in [0.3, 0.4) is 0 Å². The van der Waals surface area contributed by atoms with Crippen molar-refractivity contribution in [2.24, 2.45) is 5.92 Å². The van der Waals surface area contributed by atoms with Gasteiger partial charge < -0.3 is 14.7 Å². The van der Waals surface area contributed by atoms with Crippen molar-refractivity contribution in [2.75, 3.05) is 13.1 Å². The Labute approximate surface area is 243 Å². The lowest BCUT2D eigenvalue weighted by Crippen LogP contribution is -2.41. The lowest BCUT2D eigenvalue weighted by atomic mass is 9.84. The number of hydrogen-bond donors (Lipinski definition) is 1. The van der Waals surface area contributed by atoms with Crippen molar-refractivity contribution in [3.8, 4) is 11.4 Å². The minimum Gasteiger partial charge on any atom is -0.508 e. The summed E-state index contributed by atoms with van der Waals surface area (Å²) in [4.78, 5) is 32.2. The maximum atomic E-state index is 13.2. The number of amides is 1. The predicted molar refractivity (Wildman–Crippen MR) is 160 cm³/mol. The molecule has 3 heterocycles. The van der Waals surface area contributed by atoms with Gasteiger partial charge >= 0.3 is 6.09 Å². The number of aromatic hydroxyl groups is 1. The molecule has 6 rings (SSSR count). The predicted octanol–water partition coefficient (Wildman–Crippen LogP) is 7.38. The van der Waals surface area contributed by atoms with Crippen molar-refractivity contribution in [3.05, 3.63) is 62.1 Å². The molecule has 1 aromatic heterocycles. The van der Waals surface area contributed by atoms with Gasteiger partial charge in [-0.05, 0) is 104 Å². The zero-order valence-electron chi connectivity index (χ0n) is 23.6. The molecule has 1 atom stereocenters. The number of carbonyl (C=O) groups is 1. The number of likely N-dealkylation sites (tertiary alicyclic amines) is 1. The fourth-order valence-electron chi connectivity index (χ4n) is 6.97. The van der Waals surface area contributed by atoms with Crippen molar-refractivity contribution in [2.45, 2.75) is 89.6 Å². The van der Waals surface area contributed by atoms with E-state index in [0.717, 1.165) is 64.2 Å². The van der Waals surface area contributed by atoms with Gasteiger partial charge in [-0.2, -0.15) is 4.98 Å². The first-order chi connectivity index (χ1) is 19.1. The highest BCUT2D eigenvalue weighted by molar-refractivity contribution is 9.10. The van der Waals surface area contributed by atoms with Gasteiger partial charge in [0, 0.05) is 29.5 Å². The highest BCUT2D eigenvalue weighted by Gasteiger charge is 2.36. The number of nitrogens with zero attached hydrogens (tertiary/aromatic N) is 3. The fraction of sp³-hybridized carbons (Fsp3) is 0.531. The highest BCUT2D eigenvalue weighted by atomic mass is 79.9. The summed E-state index contributed by atoms with van der Waals surface area (Å²) in [5, 5.41) is 11.9. The number of phenols is 1. The molecule has 3 aromatic rings. The third kappa shape index (κ3) is 5.04. The van der Waals surface area contributed by atoms with E-state index >= 15 is 0 Å². The average molecular weight is 609 g/mol. The molecule has 2 fully saturated rings. The molecule has 8 heteroatoms. The number of halogens is 1. The van der Waals surface area contributed by atoms with Gasteiger partial charge in [0.1, 0.15) is 17.2 Å². The Bertz CT molecular complexity index is 1510. The molecular formula is C32H38BrN3O4. The van der Waals surface area contributed by atoms with Gasteiger partial charge in [0.25, 0.3) is 5.56 Å². The molecule has 7 nitrogen and oxygen atoms in total. The van der Waals surface area contributed by atoms with Gasteiger partial charge in [-0.1, -0.05) is 31.7 Å². The Balaban J connectivity index is 1.35. The molecule has 1 N–H and O–H groups in total. The van der Waals surface area contributed by atoms with Crippen LogP contribution in [0.1, 0.15) is 101 Å². The molecule has 0 spiro atoms. The lowest BCUT2D eigenvalue weighted by Gasteiger charge is -2.34. The van der Waals surface area contributed by atoms with Crippen LogP contribution in [0.25, 0.3) is 16.6 Å². The number of hydrogen-bond acceptors (Lipinski definition) is 5. The maximum absolute atomic E-state index is 13.2. The summed E-state index contributed by atoms with van der Waals surface area (Å²) in [5.74, 6) is 1.92. The SMILES string of the molecule is CC(C)(C)OC(=O)N1CCC(c2cc3c(cc2O)-n2c(nc(=O)c4c(Br)cccc42)[C@H]3CCC2CCCC2)CC1. The summed E-state index contributed by atoms with van der Waals surface area (Å²) in [7, 11) is 0. The van der Waals surface area contributed by atoms with Crippen molar-refractivity contribution in [3.63, 3.8) is 0 Å². The molecule has 2 aliphatic heterocycles. The Morgan fingerprint density at radius 2 is 1.80 bits per heavy atom. The number of ether oxygens (including phenoxy) is 1. The lowest BCUT2D eigenvalue weighted by molar-refractivity contribution is 0.0204. The molecule has 1 saturated carbocycles. The smallest absolute Gasteiger partial charge is 0.410 e. The summed E-state index contributed by atoms with van der Waals surface area (Å²) >= 11 is 3.56. The van der Waals surface area contributed by atoms with Crippen LogP contribution in [0, 0.1) is 5.92 Å². The van der Waals surface area contributed by atoms with Crippen LogP contribution in [0.5, 0.6) is 5.75 Å². The number of fused-ring (bicyclic) bond motifs is 5. The molecule has 0 radical (unpaired) electrons. The number of carbonyl (C=O) groups excluding carboxylic acids is 1. The second-order valence-electron chi connectivity index (χ2n) is 12.7. The van der Waals surface area contributed by atoms with Gasteiger partial charge in [-0.3, -0.25) is 9.36 Å². The topological polar surface area (TPSA) is 84.7 Å². The summed E-state index contributed by atoms with van der Waals surface area (Å²) in [5.41, 5.74) is 3.05. The Morgan fingerprint density at radius 1 is 1.07 bits per heavy atom. The second kappa shape index (κ2) is 10.5. The van der Waals surface area contributed by atoms with E-state index in [1.54, 1.807) is 4.90 Å². The third-order valence-corrected chi connectivity index (χ3v) is 9.58. The summed E-state index contributed by atoms with van der Waals surface area (Å²) < 4.78 is 8.39. The zero-order chi connectivity index (χ0) is 28.2. The molecule has 3 aliphatic rings. The molecule has 0 bridgehead atoms. The van der Waals surface area contributed by atoms with E-state index in [4.69, 9.17) is 4.74 Å². The number of benzene rings is 2. The minimum atomic E-state index is -0.524. The van der Waals surface area contributed by atoms with E-state index in [0.29, 0.717) is 18.5 Å². The van der Waals surface area contributed by atoms with Crippen LogP contribution in [0.15, 0.2) is 39.6 Å². The van der Waals surface area contributed by atoms with Crippen molar-refractivity contribution < 1.29 is 14.6 Å². The van der Waals surface area contributed by atoms with Crippen LogP contribution < -0.4 is 5.56 Å². The first-order valence-corrected chi connectivity index (χ1v) is 15.5. The summed E-state index contributed by atoms with van der Waals surface area (Å²) in [6.45, 7) is 6.83. The zero-order valence-corrected chi connectivity index (χ0v) is 25.2. The van der Waals surface area contributed by atoms with Gasteiger partial charge in [-0.25, -0.2) is 4.79 Å². The second-order valence-corrected chi connectivity index (χ2v) is 13.6. The molecule has 212 valence electrons. The van der Waals surface area contributed by atoms with E-state index in [1.807, 2.05) is 45.0 Å². The Kier molecular flexibility index (Phi) is 7.18. The standard InChI is InChI=1S/C32H38BrN3O4/c1-32(2,3)40-31(39)35-15-13-20(14-16-35)22-17-23-21(12-11-19-7-4-5-8-19)29-34-30(38)28-24(33)9-6-10-25(28)36(29)26(23)18-27(22)37/h6,9-10,17-21,37H,4-5,7-8,11-16H2,1-3H3/t21-/m0/s1. The Morgan fingerprint density at radius 3 is 2.50 bits per heavy atom. The van der Waals surface area contributed by atoms with Crippen molar-refractivity contribution in [1.82, 2.24) is 14.5 Å². The minimum absolute atomic E-state index is 0.00730. The fourth-order valence-corrected chi connectivity index (χ4v) is 7.49. The van der Waals surface area contributed by atoms with Crippen LogP contribution in [0.2, 0.25) is 0 Å². The average Bonchev–Trinajstić information content (AvgIpc) is 3.52. The maximum Gasteiger partial charge on any atom is 0.410 e. The van der Waals surface area contributed by atoms with Crippen LogP contribution in [0.4, 0.5) is 4.79 Å². The van der Waals surface area contributed by atoms with Crippen LogP contribution >= 0.6 is 15.9 Å². The van der Waals surface area contributed by atoms with E-state index < -0.39 is 5.60 Å². The summed E-state index contributed by atoms with van der Waals surface area (Å²) in [6, 6.07) is 9.82. The molecular weight excluding hydrogens is 570 g/mol. The van der Waals surface area contributed by atoms with Crippen LogP contribution in [-0.2, 0) is 4.74 Å². The quantitative estimate of drug-likeness (QED) is 0.334. The number of rotatable bonds is 4. The Hall–Kier alpha value is -2.87. The van der Waals surface area contributed by atoms with E-state index in [2.05, 4.69) is 31.5 Å². The number of aromatic nitrogens is 2. The monoisotopic (exact) mass is 607 g/mol. The van der Waals surface area contributed by atoms with Gasteiger partial charge in [0.15, 0.2) is 0 Å². The molecule has 1 amide bonds. The largest absolute Gasteiger partial charge is 0.508 e. The molecule has 1 aliphatic carbocycles. The van der Waals surface area contributed by atoms with Crippen molar-refractivity contribution in [1.29, 1.82) is 0 Å². The molecule has 0 unspecified atom stereocenters. The van der Waals surface area contributed by atoms with Crippen molar-refractivity contribution >= 4 is 32.9 Å². The molecule has 40 heavy (non-hydrogen) atoms. The first kappa shape index (κ1) is 27.3. The normalized spacial score (nSPS) is 19.7. The van der Waals surface area contributed by atoms with Gasteiger partial charge in [-0.15, -0.1) is 0 Å². The highest BCUT2D eigenvalue weighted by Crippen LogP contribution is 2.47. The van der Waals surface area contributed by atoms with E-state index in [1.165, 1.54) is 25.7 Å². The number of piperidine rings is 1. The van der Waals surface area contributed by atoms with E-state index in [-0.39, 0.29) is 29.2 Å². The molecule has 1 saturated heterocycles. The first-order valence-electron chi connectivity index (χ1n) is 14.7. The van der Waals surface area contributed by atoms with E-state index in [9.17, 15) is 14.7 Å². The van der Waals surface area contributed by atoms with Gasteiger partial charge in [0.05, 0.1) is 16.6 Å².